The molecule has 9 heteroatoms. The Kier molecular flexibility index (Phi) is 7.64. The predicted octanol–water partition coefficient (Wildman–Crippen LogP) is 5.17. The van der Waals surface area contributed by atoms with Gasteiger partial charge in [-0.05, 0) is 48.1 Å². The quantitative estimate of drug-likeness (QED) is 0.234. The number of carboxylic acids is 1. The molecule has 0 unspecified atom stereocenters. The van der Waals surface area contributed by atoms with Crippen LogP contribution >= 0.6 is 0 Å². The van der Waals surface area contributed by atoms with Crippen LogP contribution in [-0.2, 0) is 11.2 Å². The van der Waals surface area contributed by atoms with Crippen LogP contribution in [0, 0.1) is 0 Å². The molecule has 0 saturated carbocycles. The molecular formula is C33H30N4O5. The maximum Gasteiger partial charge on any atom is 0.326 e. The molecule has 3 aromatic carbocycles. The molecule has 212 valence electrons. The Morgan fingerprint density at radius 3 is 2.40 bits per heavy atom. The van der Waals surface area contributed by atoms with Gasteiger partial charge in [0, 0.05) is 37.5 Å². The van der Waals surface area contributed by atoms with Crippen LogP contribution in [0.4, 0.5) is 11.4 Å². The topological polar surface area (TPSA) is 122 Å². The lowest BCUT2D eigenvalue weighted by atomic mass is 10.0. The number of hydrogen-bond donors (Lipinski definition) is 2. The summed E-state index contributed by atoms with van der Waals surface area (Å²) in [6.07, 6.45) is 7.58. The van der Waals surface area contributed by atoms with Crippen LogP contribution in [0.15, 0.2) is 88.7 Å². The Morgan fingerprint density at radius 2 is 1.69 bits per heavy atom. The number of benzene rings is 2. The lowest BCUT2D eigenvalue weighted by Gasteiger charge is -2.27. The van der Waals surface area contributed by atoms with E-state index in [0.29, 0.717) is 30.4 Å². The standard InChI is InChI=1S/C33H30N4O5/c38-30-28(29(31(30)39)37-16-6-1-2-7-17-37)35-27(33(40)41)18-21-10-12-24(13-11-21)42-32-25-20-34-15-14-23(25)19-26(36-32)22-8-4-3-5-9-22/h3-5,8-15,19-20,27,35H,1-2,6-7,16-18H2,(H,40,41)/t27-/m0/s1. The highest BCUT2D eigenvalue weighted by molar-refractivity contribution is 5.89. The van der Waals surface area contributed by atoms with E-state index in [-0.39, 0.29) is 12.1 Å². The Balaban J connectivity index is 1.20. The van der Waals surface area contributed by atoms with Gasteiger partial charge in [0.1, 0.15) is 23.2 Å². The molecule has 5 aromatic rings. The predicted molar refractivity (Wildman–Crippen MR) is 162 cm³/mol. The summed E-state index contributed by atoms with van der Waals surface area (Å²) >= 11 is 0. The summed E-state index contributed by atoms with van der Waals surface area (Å²) in [4.78, 5) is 47.9. The third-order valence-electron chi connectivity index (χ3n) is 7.67. The number of fused-ring (bicyclic) bond motifs is 1. The van der Waals surface area contributed by atoms with E-state index in [9.17, 15) is 19.5 Å². The molecule has 1 aliphatic rings. The second kappa shape index (κ2) is 11.8. The van der Waals surface area contributed by atoms with Crippen LogP contribution in [0.3, 0.4) is 0 Å². The molecular weight excluding hydrogens is 532 g/mol. The van der Waals surface area contributed by atoms with Crippen LogP contribution < -0.4 is 25.8 Å². The molecule has 0 aliphatic carbocycles. The first-order chi connectivity index (χ1) is 20.5. The highest BCUT2D eigenvalue weighted by atomic mass is 16.5. The molecule has 1 fully saturated rings. The fourth-order valence-electron chi connectivity index (χ4n) is 5.42. The van der Waals surface area contributed by atoms with E-state index in [1.165, 1.54) is 0 Å². The monoisotopic (exact) mass is 562 g/mol. The van der Waals surface area contributed by atoms with Crippen LogP contribution in [0.1, 0.15) is 31.2 Å². The molecule has 42 heavy (non-hydrogen) atoms. The van der Waals surface area contributed by atoms with E-state index in [1.807, 2.05) is 47.4 Å². The van der Waals surface area contributed by atoms with Crippen molar-refractivity contribution in [1.82, 2.24) is 9.97 Å². The molecule has 1 atom stereocenters. The van der Waals surface area contributed by atoms with Gasteiger partial charge in [0.05, 0.1) is 11.1 Å². The summed E-state index contributed by atoms with van der Waals surface area (Å²) in [6.45, 7) is 1.38. The van der Waals surface area contributed by atoms with Gasteiger partial charge < -0.3 is 20.1 Å². The van der Waals surface area contributed by atoms with E-state index in [2.05, 4.69) is 10.3 Å². The average molecular weight is 563 g/mol. The summed E-state index contributed by atoms with van der Waals surface area (Å²) in [6, 6.07) is 19.7. The maximum atomic E-state index is 12.4. The summed E-state index contributed by atoms with van der Waals surface area (Å²) in [5, 5.41) is 14.5. The molecule has 1 saturated heterocycles. The highest BCUT2D eigenvalue weighted by Gasteiger charge is 2.30. The zero-order valence-corrected chi connectivity index (χ0v) is 23.0. The molecule has 1 aliphatic heterocycles. The molecule has 0 spiro atoms. The van der Waals surface area contributed by atoms with Crippen molar-refractivity contribution in [3.05, 3.63) is 105 Å². The third kappa shape index (κ3) is 5.58. The molecule has 3 heterocycles. The summed E-state index contributed by atoms with van der Waals surface area (Å²) in [7, 11) is 0. The van der Waals surface area contributed by atoms with Crippen molar-refractivity contribution in [1.29, 1.82) is 0 Å². The van der Waals surface area contributed by atoms with E-state index >= 15 is 0 Å². The SMILES string of the molecule is O=C(O)[C@H](Cc1ccc(Oc2nc(-c3ccccc3)cc3ccncc23)cc1)Nc1c(N2CCCCCC2)c(=O)c1=O. The van der Waals surface area contributed by atoms with Crippen LogP contribution in [0.2, 0.25) is 0 Å². The number of anilines is 2. The lowest BCUT2D eigenvalue weighted by Crippen LogP contribution is -2.46. The van der Waals surface area contributed by atoms with Gasteiger partial charge in [0.15, 0.2) is 0 Å². The average Bonchev–Trinajstić information content (AvgIpc) is 3.30. The first kappa shape index (κ1) is 27.1. The van der Waals surface area contributed by atoms with E-state index in [1.54, 1.807) is 36.7 Å². The fraction of sp³-hybridized carbons (Fsp3) is 0.242. The minimum absolute atomic E-state index is 0.110. The third-order valence-corrected chi connectivity index (χ3v) is 7.67. The molecule has 0 radical (unpaired) electrons. The number of ether oxygens (including phenoxy) is 1. The van der Waals surface area contributed by atoms with Gasteiger partial charge in [0.2, 0.25) is 5.88 Å². The Hall–Kier alpha value is -5.05. The normalized spacial score (nSPS) is 14.4. The van der Waals surface area contributed by atoms with Crippen molar-refractivity contribution in [3.63, 3.8) is 0 Å². The zero-order valence-electron chi connectivity index (χ0n) is 23.0. The van der Waals surface area contributed by atoms with Crippen LogP contribution in [0.5, 0.6) is 11.6 Å². The van der Waals surface area contributed by atoms with Gasteiger partial charge in [-0.25, -0.2) is 9.78 Å². The van der Waals surface area contributed by atoms with Crippen molar-refractivity contribution in [3.8, 4) is 22.9 Å². The molecule has 2 N–H and O–H groups in total. The van der Waals surface area contributed by atoms with Gasteiger partial charge in [-0.15, -0.1) is 0 Å². The van der Waals surface area contributed by atoms with E-state index in [4.69, 9.17) is 9.72 Å². The van der Waals surface area contributed by atoms with Crippen molar-refractivity contribution >= 4 is 28.1 Å². The second-order valence-electron chi connectivity index (χ2n) is 10.5. The Morgan fingerprint density at radius 1 is 0.952 bits per heavy atom. The summed E-state index contributed by atoms with van der Waals surface area (Å²) in [5.74, 6) is -0.156. The fourth-order valence-corrected chi connectivity index (χ4v) is 5.42. The molecule has 6 rings (SSSR count). The largest absolute Gasteiger partial charge is 0.480 e. The summed E-state index contributed by atoms with van der Waals surface area (Å²) in [5.41, 5.74) is 1.70. The number of nitrogens with one attached hydrogen (secondary N) is 1. The van der Waals surface area contributed by atoms with E-state index < -0.39 is 22.9 Å². The van der Waals surface area contributed by atoms with Gasteiger partial charge in [0.25, 0.3) is 10.9 Å². The number of hydrogen-bond acceptors (Lipinski definition) is 8. The first-order valence-corrected chi connectivity index (χ1v) is 14.1. The van der Waals surface area contributed by atoms with Crippen LogP contribution in [-0.4, -0.2) is 40.2 Å². The first-order valence-electron chi connectivity index (χ1n) is 14.1. The highest BCUT2D eigenvalue weighted by Crippen LogP contribution is 2.32. The Bertz CT molecular complexity index is 1790. The Labute approximate surface area is 242 Å². The van der Waals surface area contributed by atoms with Gasteiger partial charge in [-0.2, -0.15) is 0 Å². The van der Waals surface area contributed by atoms with Gasteiger partial charge >= 0.3 is 5.97 Å². The minimum atomic E-state index is -1.11. The van der Waals surface area contributed by atoms with Crippen molar-refractivity contribution in [2.45, 2.75) is 38.1 Å². The van der Waals surface area contributed by atoms with Crippen molar-refractivity contribution in [2.75, 3.05) is 23.3 Å². The second-order valence-corrected chi connectivity index (χ2v) is 10.5. The number of aromatic nitrogens is 2. The van der Waals surface area contributed by atoms with Gasteiger partial charge in [-0.3, -0.25) is 14.6 Å². The molecule has 2 aromatic heterocycles. The molecule has 9 nitrogen and oxygen atoms in total. The van der Waals surface area contributed by atoms with Crippen molar-refractivity contribution in [2.24, 2.45) is 0 Å². The number of rotatable bonds is 9. The molecule has 0 bridgehead atoms. The van der Waals surface area contributed by atoms with E-state index in [0.717, 1.165) is 53.3 Å². The zero-order chi connectivity index (χ0) is 29.1. The number of pyridine rings is 2. The summed E-state index contributed by atoms with van der Waals surface area (Å²) < 4.78 is 6.19. The number of carboxylic acid groups (broad SMARTS) is 1. The maximum absolute atomic E-state index is 12.4. The number of carbonyl (C=O) groups is 1. The lowest BCUT2D eigenvalue weighted by molar-refractivity contribution is -0.137. The molecule has 0 amide bonds. The van der Waals surface area contributed by atoms with Gasteiger partial charge in [-0.1, -0.05) is 55.3 Å². The van der Waals surface area contributed by atoms with Crippen molar-refractivity contribution < 1.29 is 14.6 Å². The minimum Gasteiger partial charge on any atom is -0.480 e. The number of nitrogens with zero attached hydrogens (tertiary/aromatic N) is 3. The smallest absolute Gasteiger partial charge is 0.326 e. The van der Waals surface area contributed by atoms with Crippen LogP contribution in [0.25, 0.3) is 22.0 Å². The number of aliphatic carboxylic acids is 1.